The molecule has 1 fully saturated rings. The molecule has 164 valence electrons. The number of anilines is 1. The van der Waals surface area contributed by atoms with Gasteiger partial charge in [0.25, 0.3) is 11.1 Å². The number of halogens is 4. The number of thioether (sulfide) groups is 1. The van der Waals surface area contributed by atoms with E-state index in [-0.39, 0.29) is 22.2 Å². The molecule has 2 aromatic carbocycles. The number of nitrogens with one attached hydrogen (secondary N) is 2. The quantitative estimate of drug-likeness (QED) is 0.499. The third-order valence-electron chi connectivity index (χ3n) is 4.63. The first-order chi connectivity index (χ1) is 15.1. The van der Waals surface area contributed by atoms with Gasteiger partial charge in [0.05, 0.1) is 21.2 Å². The Kier molecular flexibility index (Phi) is 5.74. The Bertz CT molecular complexity index is 1300. The zero-order valence-electron chi connectivity index (χ0n) is 16.0. The first-order valence-corrected chi connectivity index (χ1v) is 10.3. The van der Waals surface area contributed by atoms with Crippen LogP contribution in [0.25, 0.3) is 17.0 Å². The van der Waals surface area contributed by atoms with Gasteiger partial charge in [0.2, 0.25) is 5.91 Å². The van der Waals surface area contributed by atoms with Crippen LogP contribution in [0.3, 0.4) is 0 Å². The molecule has 6 nitrogen and oxygen atoms in total. The second-order valence-corrected chi connectivity index (χ2v) is 8.24. The number of amides is 3. The molecule has 1 aliphatic heterocycles. The lowest BCUT2D eigenvalue weighted by Crippen LogP contribution is -2.19. The molecular weight excluding hydrogens is 467 g/mol. The first-order valence-electron chi connectivity index (χ1n) is 9.11. The maximum absolute atomic E-state index is 13.0. The maximum Gasteiger partial charge on any atom is 0.416 e. The molecule has 0 saturated carbocycles. The standard InChI is InChI=1S/C21H13ClF3N3O3S/c22-14-6-5-12(21(23,24)25)8-15(14)26-18(29)10-28-9-11(13-3-1-2-4-16(13)28)7-17-19(30)27-20(31)32-17/h1-9H,10H2,(H,26,29)(H,27,30,31). The fourth-order valence-corrected chi connectivity index (χ4v) is 4.06. The maximum atomic E-state index is 13.0. The van der Waals surface area contributed by atoms with Gasteiger partial charge in [-0.2, -0.15) is 13.2 Å². The number of hydrogen-bond donors (Lipinski definition) is 2. The topological polar surface area (TPSA) is 80.2 Å². The predicted octanol–water partition coefficient (Wildman–Crippen LogP) is 5.28. The van der Waals surface area contributed by atoms with Crippen molar-refractivity contribution in [2.45, 2.75) is 12.7 Å². The van der Waals surface area contributed by atoms with E-state index in [0.29, 0.717) is 11.1 Å². The van der Waals surface area contributed by atoms with E-state index in [1.807, 2.05) is 0 Å². The number of carbonyl (C=O) groups is 3. The summed E-state index contributed by atoms with van der Waals surface area (Å²) in [5, 5.41) is 4.83. The highest BCUT2D eigenvalue weighted by atomic mass is 35.5. The number of fused-ring (bicyclic) bond motifs is 1. The van der Waals surface area contributed by atoms with Crippen LogP contribution in [0, 0.1) is 0 Å². The zero-order chi connectivity index (χ0) is 23.0. The number of para-hydroxylation sites is 1. The van der Waals surface area contributed by atoms with Gasteiger partial charge in [0.1, 0.15) is 6.54 Å². The lowest BCUT2D eigenvalue weighted by Gasteiger charge is -2.12. The predicted molar refractivity (Wildman–Crippen MR) is 116 cm³/mol. The molecule has 1 saturated heterocycles. The summed E-state index contributed by atoms with van der Waals surface area (Å²) in [4.78, 5) is 36.1. The molecular formula is C21H13ClF3N3O3S. The summed E-state index contributed by atoms with van der Waals surface area (Å²) in [5.41, 5.74) is 0.194. The van der Waals surface area contributed by atoms with Crippen LogP contribution in [-0.4, -0.2) is 21.6 Å². The summed E-state index contributed by atoms with van der Waals surface area (Å²) >= 11 is 6.72. The third kappa shape index (κ3) is 4.51. The van der Waals surface area contributed by atoms with Gasteiger partial charge in [-0.3, -0.25) is 19.7 Å². The van der Waals surface area contributed by atoms with Crippen molar-refractivity contribution >= 4 is 63.1 Å². The summed E-state index contributed by atoms with van der Waals surface area (Å²) in [6.07, 6.45) is -1.40. The Morgan fingerprint density at radius 2 is 1.94 bits per heavy atom. The van der Waals surface area contributed by atoms with Crippen molar-refractivity contribution in [3.63, 3.8) is 0 Å². The van der Waals surface area contributed by atoms with E-state index in [0.717, 1.165) is 35.3 Å². The van der Waals surface area contributed by atoms with Crippen LogP contribution in [0.2, 0.25) is 5.02 Å². The van der Waals surface area contributed by atoms with Crippen molar-refractivity contribution < 1.29 is 27.6 Å². The van der Waals surface area contributed by atoms with Crippen molar-refractivity contribution in [3.8, 4) is 0 Å². The number of benzene rings is 2. The first kappa shape index (κ1) is 22.0. The van der Waals surface area contributed by atoms with Crippen LogP contribution in [-0.2, 0) is 22.3 Å². The van der Waals surface area contributed by atoms with Gasteiger partial charge in [-0.25, -0.2) is 0 Å². The summed E-state index contributed by atoms with van der Waals surface area (Å²) < 4.78 is 40.5. The molecule has 32 heavy (non-hydrogen) atoms. The minimum atomic E-state index is -4.57. The van der Waals surface area contributed by atoms with Crippen LogP contribution in [0.4, 0.5) is 23.7 Å². The van der Waals surface area contributed by atoms with Gasteiger partial charge in [-0.15, -0.1) is 0 Å². The largest absolute Gasteiger partial charge is 0.416 e. The van der Waals surface area contributed by atoms with Crippen LogP contribution in [0.15, 0.2) is 53.6 Å². The van der Waals surface area contributed by atoms with Crippen LogP contribution in [0.1, 0.15) is 11.1 Å². The van der Waals surface area contributed by atoms with Crippen LogP contribution >= 0.6 is 23.4 Å². The van der Waals surface area contributed by atoms with Crippen LogP contribution in [0.5, 0.6) is 0 Å². The second kappa shape index (κ2) is 8.36. The van der Waals surface area contributed by atoms with E-state index in [2.05, 4.69) is 10.6 Å². The monoisotopic (exact) mass is 479 g/mol. The number of alkyl halides is 3. The number of imide groups is 1. The molecule has 0 spiro atoms. The summed E-state index contributed by atoms with van der Waals surface area (Å²) in [5.74, 6) is -1.09. The molecule has 2 N–H and O–H groups in total. The van der Waals surface area contributed by atoms with Crippen molar-refractivity contribution in [1.29, 1.82) is 0 Å². The van der Waals surface area contributed by atoms with Crippen molar-refractivity contribution in [3.05, 3.63) is 69.7 Å². The van der Waals surface area contributed by atoms with Gasteiger partial charge in [-0.1, -0.05) is 29.8 Å². The fourth-order valence-electron chi connectivity index (χ4n) is 3.23. The average molecular weight is 480 g/mol. The van der Waals surface area contributed by atoms with E-state index in [1.165, 1.54) is 0 Å². The molecule has 0 radical (unpaired) electrons. The van der Waals surface area contributed by atoms with Crippen molar-refractivity contribution in [2.75, 3.05) is 5.32 Å². The number of carbonyl (C=O) groups excluding carboxylic acids is 3. The Hall–Kier alpha value is -3.24. The molecule has 0 aliphatic carbocycles. The van der Waals surface area contributed by atoms with E-state index in [1.54, 1.807) is 41.1 Å². The molecule has 4 rings (SSSR count). The molecule has 0 unspecified atom stereocenters. The van der Waals surface area contributed by atoms with Gasteiger partial charge >= 0.3 is 6.18 Å². The van der Waals surface area contributed by atoms with E-state index in [4.69, 9.17) is 11.6 Å². The third-order valence-corrected chi connectivity index (χ3v) is 5.77. The van der Waals surface area contributed by atoms with E-state index >= 15 is 0 Å². The molecule has 3 aromatic rings. The number of rotatable bonds is 4. The molecule has 1 aliphatic rings. The highest BCUT2D eigenvalue weighted by Crippen LogP contribution is 2.34. The van der Waals surface area contributed by atoms with Gasteiger partial charge in [-0.05, 0) is 42.1 Å². The van der Waals surface area contributed by atoms with Gasteiger partial charge < -0.3 is 9.88 Å². The smallest absolute Gasteiger partial charge is 0.337 e. The Balaban J connectivity index is 1.62. The lowest BCUT2D eigenvalue weighted by molar-refractivity contribution is -0.137. The SMILES string of the molecule is O=C(Cn1cc(C=C2SC(=O)NC2=O)c2ccccc21)Nc1cc(C(F)(F)F)ccc1Cl. The molecule has 11 heteroatoms. The Labute approximate surface area is 188 Å². The molecule has 2 heterocycles. The lowest BCUT2D eigenvalue weighted by atomic mass is 10.1. The van der Waals surface area contributed by atoms with Crippen molar-refractivity contribution in [1.82, 2.24) is 9.88 Å². The highest BCUT2D eigenvalue weighted by molar-refractivity contribution is 8.18. The summed E-state index contributed by atoms with van der Waals surface area (Å²) in [6, 6.07) is 9.77. The minimum absolute atomic E-state index is 0.0249. The number of nitrogens with zero attached hydrogens (tertiary/aromatic N) is 1. The fraction of sp³-hybridized carbons (Fsp3) is 0.0952. The number of hydrogen-bond acceptors (Lipinski definition) is 4. The molecule has 0 atom stereocenters. The average Bonchev–Trinajstić information content (AvgIpc) is 3.22. The van der Waals surface area contributed by atoms with Crippen LogP contribution < -0.4 is 10.6 Å². The van der Waals surface area contributed by atoms with E-state index in [9.17, 15) is 27.6 Å². The van der Waals surface area contributed by atoms with Crippen molar-refractivity contribution in [2.24, 2.45) is 0 Å². The normalized spacial score (nSPS) is 15.4. The Morgan fingerprint density at radius 1 is 1.19 bits per heavy atom. The number of aromatic nitrogens is 1. The molecule has 1 aromatic heterocycles. The minimum Gasteiger partial charge on any atom is -0.337 e. The summed E-state index contributed by atoms with van der Waals surface area (Å²) in [6.45, 7) is -0.214. The van der Waals surface area contributed by atoms with Gasteiger partial charge in [0.15, 0.2) is 0 Å². The summed E-state index contributed by atoms with van der Waals surface area (Å²) in [7, 11) is 0. The molecule has 3 amide bonds. The van der Waals surface area contributed by atoms with E-state index < -0.39 is 28.8 Å². The molecule has 0 bridgehead atoms. The van der Waals surface area contributed by atoms with Gasteiger partial charge in [0, 0.05) is 22.7 Å². The zero-order valence-corrected chi connectivity index (χ0v) is 17.6. The second-order valence-electron chi connectivity index (χ2n) is 6.82. The highest BCUT2D eigenvalue weighted by Gasteiger charge is 2.31. The Morgan fingerprint density at radius 3 is 2.62 bits per heavy atom.